The van der Waals surface area contributed by atoms with Crippen molar-refractivity contribution in [3.63, 3.8) is 0 Å². The van der Waals surface area contributed by atoms with Gasteiger partial charge in [-0.15, -0.1) is 0 Å². The van der Waals surface area contributed by atoms with Crippen LogP contribution < -0.4 is 5.43 Å². The molecule has 0 saturated heterocycles. The molecule has 0 unspecified atom stereocenters. The van der Waals surface area contributed by atoms with Crippen molar-refractivity contribution in [1.29, 1.82) is 0 Å². The van der Waals surface area contributed by atoms with Crippen LogP contribution in [-0.4, -0.2) is 17.1 Å². The highest BCUT2D eigenvalue weighted by molar-refractivity contribution is 7.08. The van der Waals surface area contributed by atoms with E-state index in [1.54, 1.807) is 17.6 Å². The van der Waals surface area contributed by atoms with E-state index in [1.807, 2.05) is 47.2 Å². The van der Waals surface area contributed by atoms with Gasteiger partial charge in [-0.2, -0.15) is 16.4 Å². The fraction of sp³-hybridized carbons (Fsp3) is 0.125. The predicted octanol–water partition coefficient (Wildman–Crippen LogP) is 5.68. The van der Waals surface area contributed by atoms with Crippen LogP contribution in [0.2, 0.25) is 0 Å². The maximum Gasteiger partial charge on any atom is 0.272 e. The Morgan fingerprint density at radius 3 is 2.72 bits per heavy atom. The standard InChI is InChI=1S/C24H21N3OS/c1-2-5-17-8-10-19(11-9-17)23-14-21(20-6-3-4-7-22(20)26-23)24(28)27-25-15-18-12-13-29-16-18/h3-4,6-16H,2,5H2,1H3,(H,27,28)/b25-15+. The lowest BCUT2D eigenvalue weighted by Crippen LogP contribution is -2.18. The average Bonchev–Trinajstić information content (AvgIpc) is 3.27. The molecule has 0 fully saturated rings. The number of para-hydroxylation sites is 1. The fourth-order valence-electron chi connectivity index (χ4n) is 3.22. The summed E-state index contributed by atoms with van der Waals surface area (Å²) in [5.41, 5.74) is 8.02. The number of hydrazone groups is 1. The lowest BCUT2D eigenvalue weighted by atomic mass is 10.0. The first-order chi connectivity index (χ1) is 14.2. The Balaban J connectivity index is 1.67. The SMILES string of the molecule is CCCc1ccc(-c2cc(C(=O)N/N=C/c3ccsc3)c3ccccc3n2)cc1. The zero-order valence-electron chi connectivity index (χ0n) is 16.1. The molecule has 4 nitrogen and oxygen atoms in total. The van der Waals surface area contributed by atoms with Gasteiger partial charge in [0, 0.05) is 16.5 Å². The first-order valence-electron chi connectivity index (χ1n) is 9.59. The van der Waals surface area contributed by atoms with Crippen molar-refractivity contribution in [2.45, 2.75) is 19.8 Å². The average molecular weight is 400 g/mol. The highest BCUT2D eigenvalue weighted by atomic mass is 32.1. The Labute approximate surface area is 173 Å². The van der Waals surface area contributed by atoms with Gasteiger partial charge in [0.05, 0.1) is 23.0 Å². The van der Waals surface area contributed by atoms with Gasteiger partial charge in [-0.05, 0) is 40.9 Å². The van der Waals surface area contributed by atoms with Crippen LogP contribution in [0.4, 0.5) is 0 Å². The molecule has 0 atom stereocenters. The third kappa shape index (κ3) is 4.41. The second kappa shape index (κ2) is 8.80. The molecule has 5 heteroatoms. The number of nitrogens with zero attached hydrogens (tertiary/aromatic N) is 2. The number of aromatic nitrogens is 1. The van der Waals surface area contributed by atoms with E-state index >= 15 is 0 Å². The van der Waals surface area contributed by atoms with Crippen molar-refractivity contribution in [2.75, 3.05) is 0 Å². The zero-order chi connectivity index (χ0) is 20.1. The van der Waals surface area contributed by atoms with Crippen LogP contribution in [0.15, 0.2) is 76.5 Å². The molecule has 0 aliphatic rings. The molecule has 1 amide bonds. The molecular formula is C24H21N3OS. The molecule has 0 bridgehead atoms. The summed E-state index contributed by atoms with van der Waals surface area (Å²) in [6.45, 7) is 2.17. The van der Waals surface area contributed by atoms with Crippen LogP contribution >= 0.6 is 11.3 Å². The molecule has 0 aliphatic carbocycles. The first kappa shape index (κ1) is 19.0. The van der Waals surface area contributed by atoms with Crippen molar-refractivity contribution in [3.8, 4) is 11.3 Å². The molecule has 4 rings (SSSR count). The predicted molar refractivity (Wildman–Crippen MR) is 121 cm³/mol. The number of carbonyl (C=O) groups excluding carboxylic acids is 1. The van der Waals surface area contributed by atoms with E-state index in [2.05, 4.69) is 41.7 Å². The van der Waals surface area contributed by atoms with Gasteiger partial charge in [0.2, 0.25) is 0 Å². The van der Waals surface area contributed by atoms with Gasteiger partial charge in [-0.3, -0.25) is 4.79 Å². The van der Waals surface area contributed by atoms with E-state index in [1.165, 1.54) is 5.56 Å². The largest absolute Gasteiger partial charge is 0.272 e. The number of carbonyl (C=O) groups is 1. The number of amides is 1. The lowest BCUT2D eigenvalue weighted by Gasteiger charge is -2.09. The van der Waals surface area contributed by atoms with Gasteiger partial charge in [0.15, 0.2) is 0 Å². The van der Waals surface area contributed by atoms with Crippen molar-refractivity contribution in [3.05, 3.63) is 88.1 Å². The summed E-state index contributed by atoms with van der Waals surface area (Å²) in [6, 6.07) is 19.9. The topological polar surface area (TPSA) is 54.4 Å². The van der Waals surface area contributed by atoms with E-state index < -0.39 is 0 Å². The van der Waals surface area contributed by atoms with Crippen LogP contribution in [0.1, 0.15) is 34.8 Å². The van der Waals surface area contributed by atoms with E-state index in [0.29, 0.717) is 5.56 Å². The molecule has 0 radical (unpaired) electrons. The number of thiophene rings is 1. The van der Waals surface area contributed by atoms with Gasteiger partial charge in [-0.25, -0.2) is 10.4 Å². The van der Waals surface area contributed by atoms with Crippen molar-refractivity contribution in [1.82, 2.24) is 10.4 Å². The molecule has 2 heterocycles. The molecule has 29 heavy (non-hydrogen) atoms. The second-order valence-electron chi connectivity index (χ2n) is 6.77. The number of aryl methyl sites for hydroxylation is 1. The van der Waals surface area contributed by atoms with Crippen molar-refractivity contribution in [2.24, 2.45) is 5.10 Å². The minimum absolute atomic E-state index is 0.251. The van der Waals surface area contributed by atoms with Gasteiger partial charge >= 0.3 is 0 Å². The molecular weight excluding hydrogens is 378 g/mol. The van der Waals surface area contributed by atoms with Gasteiger partial charge in [-0.1, -0.05) is 55.8 Å². The molecule has 0 aliphatic heterocycles. The Morgan fingerprint density at radius 1 is 1.14 bits per heavy atom. The van der Waals surface area contributed by atoms with Gasteiger partial charge in [0.1, 0.15) is 0 Å². The smallest absolute Gasteiger partial charge is 0.267 e. The summed E-state index contributed by atoms with van der Waals surface area (Å²) >= 11 is 1.59. The van der Waals surface area contributed by atoms with E-state index in [-0.39, 0.29) is 5.91 Å². The minimum atomic E-state index is -0.251. The molecule has 0 spiro atoms. The third-order valence-corrected chi connectivity index (χ3v) is 5.37. The van der Waals surface area contributed by atoms with Gasteiger partial charge < -0.3 is 0 Å². The van der Waals surface area contributed by atoms with E-state index in [4.69, 9.17) is 4.98 Å². The normalized spacial score (nSPS) is 11.2. The van der Waals surface area contributed by atoms with Crippen LogP contribution in [0.5, 0.6) is 0 Å². The maximum atomic E-state index is 12.9. The van der Waals surface area contributed by atoms with Gasteiger partial charge in [0.25, 0.3) is 5.91 Å². The van der Waals surface area contributed by atoms with Crippen LogP contribution in [-0.2, 0) is 6.42 Å². The van der Waals surface area contributed by atoms with Crippen LogP contribution in [0, 0.1) is 0 Å². The number of pyridine rings is 1. The minimum Gasteiger partial charge on any atom is -0.267 e. The zero-order valence-corrected chi connectivity index (χ0v) is 16.9. The molecule has 2 aromatic carbocycles. The molecule has 144 valence electrons. The molecule has 4 aromatic rings. The van der Waals surface area contributed by atoms with E-state index in [9.17, 15) is 4.79 Å². The summed E-state index contributed by atoms with van der Waals surface area (Å²) in [6.07, 6.45) is 3.82. The summed E-state index contributed by atoms with van der Waals surface area (Å²) in [5, 5.41) is 8.84. The third-order valence-electron chi connectivity index (χ3n) is 4.67. The first-order valence-corrected chi connectivity index (χ1v) is 10.5. The van der Waals surface area contributed by atoms with E-state index in [0.717, 1.165) is 40.6 Å². The van der Waals surface area contributed by atoms with Crippen molar-refractivity contribution >= 4 is 34.4 Å². The molecule has 1 N–H and O–H groups in total. The molecule has 0 saturated carbocycles. The lowest BCUT2D eigenvalue weighted by molar-refractivity contribution is 0.0957. The van der Waals surface area contributed by atoms with Crippen LogP contribution in [0.25, 0.3) is 22.2 Å². The second-order valence-corrected chi connectivity index (χ2v) is 7.55. The monoisotopic (exact) mass is 399 g/mol. The number of rotatable bonds is 6. The summed E-state index contributed by atoms with van der Waals surface area (Å²) in [5.74, 6) is -0.251. The Hall–Kier alpha value is -3.31. The quantitative estimate of drug-likeness (QED) is 0.335. The highest BCUT2D eigenvalue weighted by Gasteiger charge is 2.13. The Morgan fingerprint density at radius 2 is 1.97 bits per heavy atom. The van der Waals surface area contributed by atoms with Crippen molar-refractivity contribution < 1.29 is 4.79 Å². The number of benzene rings is 2. The summed E-state index contributed by atoms with van der Waals surface area (Å²) in [4.78, 5) is 17.6. The Kier molecular flexibility index (Phi) is 5.77. The molecule has 2 aromatic heterocycles. The number of hydrogen-bond donors (Lipinski definition) is 1. The number of fused-ring (bicyclic) bond motifs is 1. The number of hydrogen-bond acceptors (Lipinski definition) is 4. The summed E-state index contributed by atoms with van der Waals surface area (Å²) in [7, 11) is 0. The summed E-state index contributed by atoms with van der Waals surface area (Å²) < 4.78 is 0. The number of nitrogens with one attached hydrogen (secondary N) is 1. The Bertz CT molecular complexity index is 1150. The maximum absolute atomic E-state index is 12.9. The highest BCUT2D eigenvalue weighted by Crippen LogP contribution is 2.25. The fourth-order valence-corrected chi connectivity index (χ4v) is 3.83. The van der Waals surface area contributed by atoms with Crippen LogP contribution in [0.3, 0.4) is 0 Å².